The first-order valence-electron chi connectivity index (χ1n) is 11.4. The van der Waals surface area contributed by atoms with Crippen molar-refractivity contribution in [2.24, 2.45) is 0 Å². The Hall–Kier alpha value is -3.43. The molecule has 1 N–H and O–H groups in total. The Morgan fingerprint density at radius 2 is 1.77 bits per heavy atom. The molecule has 1 saturated heterocycles. The van der Waals surface area contributed by atoms with Gasteiger partial charge in [0.1, 0.15) is 5.82 Å². The molecule has 0 bridgehead atoms. The maximum Gasteiger partial charge on any atom is 0.511 e. The van der Waals surface area contributed by atoms with Gasteiger partial charge in [-0.05, 0) is 49.2 Å². The highest BCUT2D eigenvalue weighted by atomic mass is 35.5. The van der Waals surface area contributed by atoms with Gasteiger partial charge in [0.25, 0.3) is 0 Å². The number of pyridine rings is 1. The summed E-state index contributed by atoms with van der Waals surface area (Å²) in [5.74, 6) is -0.891. The number of fused-ring (bicyclic) bond motifs is 1. The number of benzene rings is 2. The molecule has 5 rings (SSSR count). The summed E-state index contributed by atoms with van der Waals surface area (Å²) in [6, 6.07) is 9.72. The largest absolute Gasteiger partial charge is 0.511 e. The number of hydrogen-bond acceptors (Lipinski definition) is 6. The number of hydrogen-bond donors (Lipinski definition) is 1. The van der Waals surface area contributed by atoms with Gasteiger partial charge in [-0.1, -0.05) is 11.6 Å². The van der Waals surface area contributed by atoms with Crippen LogP contribution in [0.2, 0.25) is 5.02 Å². The summed E-state index contributed by atoms with van der Waals surface area (Å²) in [4.78, 5) is 40.2. The van der Waals surface area contributed by atoms with Gasteiger partial charge in [0.05, 0.1) is 29.3 Å². The number of rotatable bonds is 6. The lowest BCUT2D eigenvalue weighted by molar-refractivity contribution is 0.0926. The monoisotopic (exact) mass is 499 g/mol. The minimum Gasteiger partial charge on any atom is -0.449 e. The molecule has 10 heteroatoms. The molecule has 182 valence electrons. The molecule has 0 atom stereocenters. The van der Waals surface area contributed by atoms with Crippen molar-refractivity contribution in [2.45, 2.75) is 18.9 Å². The number of ether oxygens (including phenoxy) is 1. The Labute approximate surface area is 205 Å². The number of Topliss-reactive ketones (excluding diaryl/α,β-unsaturated/α-hetero) is 1. The average Bonchev–Trinajstić information content (AvgIpc) is 3.67. The number of carboxylic acid groups (broad SMARTS) is 1. The Kier molecular flexibility index (Phi) is 6.21. The lowest BCUT2D eigenvalue weighted by Gasteiger charge is -2.36. The summed E-state index contributed by atoms with van der Waals surface area (Å²) in [5, 5.41) is 9.61. The minimum atomic E-state index is -1.59. The van der Waals surface area contributed by atoms with E-state index in [-0.39, 0.29) is 29.5 Å². The van der Waals surface area contributed by atoms with Crippen LogP contribution in [-0.2, 0) is 0 Å². The van der Waals surface area contributed by atoms with Crippen molar-refractivity contribution in [2.75, 3.05) is 37.6 Å². The summed E-state index contributed by atoms with van der Waals surface area (Å²) < 4.78 is 21.6. The van der Waals surface area contributed by atoms with Crippen molar-refractivity contribution < 1.29 is 23.8 Å². The zero-order chi connectivity index (χ0) is 24.7. The Morgan fingerprint density at radius 3 is 2.40 bits per heavy atom. The van der Waals surface area contributed by atoms with E-state index in [4.69, 9.17) is 16.7 Å². The van der Waals surface area contributed by atoms with Crippen LogP contribution in [0, 0.1) is 5.82 Å². The normalized spacial score (nSPS) is 16.5. The van der Waals surface area contributed by atoms with E-state index in [1.165, 1.54) is 6.20 Å². The molecule has 0 spiro atoms. The first-order chi connectivity index (χ1) is 16.8. The number of carbonyl (C=O) groups is 2. The average molecular weight is 500 g/mol. The molecule has 0 radical (unpaired) electrons. The number of ketones is 1. The van der Waals surface area contributed by atoms with Crippen molar-refractivity contribution >= 4 is 40.1 Å². The highest BCUT2D eigenvalue weighted by molar-refractivity contribution is 6.30. The number of halogens is 2. The van der Waals surface area contributed by atoms with E-state index in [0.717, 1.165) is 18.9 Å². The molecule has 1 saturated carbocycles. The smallest absolute Gasteiger partial charge is 0.449 e. The maximum atomic E-state index is 15.2. The zero-order valence-corrected chi connectivity index (χ0v) is 19.5. The summed E-state index contributed by atoms with van der Waals surface area (Å²) >= 11 is 5.89. The first kappa shape index (κ1) is 23.3. The predicted octanol–water partition coefficient (Wildman–Crippen LogP) is 4.19. The van der Waals surface area contributed by atoms with E-state index in [9.17, 15) is 14.4 Å². The standard InChI is InChI=1S/C25H23ClFN3O5/c26-16-3-1-15(2-4-16)22(31)13-28-7-9-29(10-8-28)21-12-20-18(11-19(21)27)24(32)23(35-25(33)34)14-30(20)17-5-6-17/h1-4,11-12,14,17H,5-10,13H2,(H,33,34). The molecule has 2 heterocycles. The lowest BCUT2D eigenvalue weighted by Crippen LogP contribution is -2.48. The van der Waals surface area contributed by atoms with E-state index in [1.54, 1.807) is 34.9 Å². The molecule has 0 unspecified atom stereocenters. The summed E-state index contributed by atoms with van der Waals surface area (Å²) in [6.07, 6.45) is 1.58. The van der Waals surface area contributed by atoms with E-state index >= 15 is 4.39 Å². The highest BCUT2D eigenvalue weighted by Crippen LogP contribution is 2.39. The molecule has 2 aliphatic rings. The SMILES string of the molecule is O=C(O)Oc1cn(C2CC2)c2cc(N3CCN(CC(=O)c4ccc(Cl)cc4)CC3)c(F)cc2c1=O. The van der Waals surface area contributed by atoms with Gasteiger partial charge in [0, 0.05) is 42.8 Å². The number of anilines is 1. The second-order valence-corrected chi connectivity index (χ2v) is 9.28. The third-order valence-corrected chi connectivity index (χ3v) is 6.70. The van der Waals surface area contributed by atoms with Gasteiger partial charge in [-0.3, -0.25) is 14.5 Å². The van der Waals surface area contributed by atoms with Crippen molar-refractivity contribution in [3.63, 3.8) is 0 Å². The van der Waals surface area contributed by atoms with Crippen LogP contribution in [0.3, 0.4) is 0 Å². The molecule has 1 aromatic heterocycles. The second-order valence-electron chi connectivity index (χ2n) is 8.84. The fourth-order valence-electron chi connectivity index (χ4n) is 4.47. The number of nitrogens with zero attached hydrogens (tertiary/aromatic N) is 3. The van der Waals surface area contributed by atoms with E-state index in [0.29, 0.717) is 48.0 Å². The third-order valence-electron chi connectivity index (χ3n) is 6.45. The van der Waals surface area contributed by atoms with E-state index in [1.807, 2.05) is 9.80 Å². The molecule has 8 nitrogen and oxygen atoms in total. The van der Waals surface area contributed by atoms with Crippen LogP contribution >= 0.6 is 11.6 Å². The summed E-state index contributed by atoms with van der Waals surface area (Å²) in [6.45, 7) is 2.47. The maximum absolute atomic E-state index is 15.2. The quantitative estimate of drug-likeness (QED) is 0.401. The van der Waals surface area contributed by atoms with Gasteiger partial charge in [-0.2, -0.15) is 0 Å². The van der Waals surface area contributed by atoms with Gasteiger partial charge in [0.2, 0.25) is 5.43 Å². The van der Waals surface area contributed by atoms with Crippen molar-refractivity contribution in [1.82, 2.24) is 9.47 Å². The molecule has 2 aromatic carbocycles. The molecule has 0 amide bonds. The highest BCUT2D eigenvalue weighted by Gasteiger charge is 2.28. The third kappa shape index (κ3) is 4.87. The van der Waals surface area contributed by atoms with Gasteiger partial charge >= 0.3 is 6.16 Å². The second kappa shape index (κ2) is 9.31. The Morgan fingerprint density at radius 1 is 1.09 bits per heavy atom. The molecule has 3 aromatic rings. The van der Waals surface area contributed by atoms with Crippen LogP contribution in [0.1, 0.15) is 29.2 Å². The topological polar surface area (TPSA) is 92.1 Å². The van der Waals surface area contributed by atoms with Gasteiger partial charge in [-0.25, -0.2) is 9.18 Å². The summed E-state index contributed by atoms with van der Waals surface area (Å²) in [5.41, 5.74) is 0.867. The fraction of sp³-hybridized carbons (Fsp3) is 0.320. The van der Waals surface area contributed by atoms with Crippen molar-refractivity contribution in [3.05, 3.63) is 69.2 Å². The van der Waals surface area contributed by atoms with Crippen LogP contribution in [0.5, 0.6) is 5.75 Å². The molecule has 1 aliphatic heterocycles. The van der Waals surface area contributed by atoms with Gasteiger partial charge in [-0.15, -0.1) is 0 Å². The van der Waals surface area contributed by atoms with Crippen molar-refractivity contribution in [1.29, 1.82) is 0 Å². The molecular formula is C25H23ClFN3O5. The number of piperazine rings is 1. The van der Waals surface area contributed by atoms with Crippen LogP contribution in [0.25, 0.3) is 10.9 Å². The van der Waals surface area contributed by atoms with Crippen LogP contribution in [-0.4, -0.2) is 59.2 Å². The van der Waals surface area contributed by atoms with Gasteiger partial charge < -0.3 is 19.3 Å². The Bertz CT molecular complexity index is 1360. The van der Waals surface area contributed by atoms with E-state index < -0.39 is 17.4 Å². The first-order valence-corrected chi connectivity index (χ1v) is 11.7. The van der Waals surface area contributed by atoms with Crippen LogP contribution in [0.4, 0.5) is 14.9 Å². The van der Waals surface area contributed by atoms with Crippen LogP contribution in [0.15, 0.2) is 47.4 Å². The fourth-order valence-corrected chi connectivity index (χ4v) is 4.60. The predicted molar refractivity (Wildman–Crippen MR) is 130 cm³/mol. The minimum absolute atomic E-state index is 0.000151. The summed E-state index contributed by atoms with van der Waals surface area (Å²) in [7, 11) is 0. The Balaban J connectivity index is 1.36. The number of aromatic nitrogens is 1. The molecular weight excluding hydrogens is 477 g/mol. The molecule has 1 aliphatic carbocycles. The lowest BCUT2D eigenvalue weighted by atomic mass is 10.1. The van der Waals surface area contributed by atoms with Crippen LogP contribution < -0.4 is 15.1 Å². The zero-order valence-electron chi connectivity index (χ0n) is 18.7. The van der Waals surface area contributed by atoms with Gasteiger partial charge in [0.15, 0.2) is 11.5 Å². The van der Waals surface area contributed by atoms with E-state index in [2.05, 4.69) is 4.74 Å². The van der Waals surface area contributed by atoms with Crippen molar-refractivity contribution in [3.8, 4) is 5.75 Å². The molecule has 2 fully saturated rings. The number of carbonyl (C=O) groups excluding carboxylic acids is 1. The molecule has 35 heavy (non-hydrogen) atoms.